The molecule has 0 saturated heterocycles. The van der Waals surface area contributed by atoms with E-state index in [1.165, 1.54) is 0 Å². The molecule has 1 aliphatic carbocycles. The van der Waals surface area contributed by atoms with E-state index < -0.39 is 0 Å². The highest BCUT2D eigenvalue weighted by molar-refractivity contribution is 6.04. The van der Waals surface area contributed by atoms with Crippen LogP contribution < -0.4 is 10.9 Å². The van der Waals surface area contributed by atoms with Gasteiger partial charge in [0, 0.05) is 11.4 Å². The van der Waals surface area contributed by atoms with Gasteiger partial charge in [0.25, 0.3) is 11.5 Å². The number of hydrogen-bond donors (Lipinski definition) is 2. The molecular formula is C16H16N2O2. The predicted octanol–water partition coefficient (Wildman–Crippen LogP) is 2.51. The molecule has 1 heterocycles. The number of rotatable bonds is 2. The van der Waals surface area contributed by atoms with Crippen LogP contribution in [0.1, 0.15) is 34.5 Å². The standard InChI is InChI=1S/C16H16N2O2/c19-15(17-12-7-2-1-3-8-12)13-10-11-6-4-5-9-14(11)18-16(13)20/h1-3,7-8,10H,4-6,9H2,(H,17,19)(H,18,20). The van der Waals surface area contributed by atoms with Crippen molar-refractivity contribution in [1.82, 2.24) is 4.98 Å². The van der Waals surface area contributed by atoms with E-state index in [0.717, 1.165) is 36.9 Å². The van der Waals surface area contributed by atoms with Gasteiger partial charge < -0.3 is 10.3 Å². The second-order valence-corrected chi connectivity index (χ2v) is 5.04. The third-order valence-electron chi connectivity index (χ3n) is 3.61. The van der Waals surface area contributed by atoms with Gasteiger partial charge in [0.2, 0.25) is 0 Å². The maximum atomic E-state index is 12.2. The molecule has 0 aliphatic heterocycles. The van der Waals surface area contributed by atoms with Crippen molar-refractivity contribution in [2.45, 2.75) is 25.7 Å². The van der Waals surface area contributed by atoms with Gasteiger partial charge in [-0.05, 0) is 49.4 Å². The van der Waals surface area contributed by atoms with Gasteiger partial charge >= 0.3 is 0 Å². The van der Waals surface area contributed by atoms with E-state index in [4.69, 9.17) is 0 Å². The van der Waals surface area contributed by atoms with Crippen LogP contribution in [0, 0.1) is 0 Å². The number of amides is 1. The summed E-state index contributed by atoms with van der Waals surface area (Å²) < 4.78 is 0. The van der Waals surface area contributed by atoms with Crippen LogP contribution in [0.4, 0.5) is 5.69 Å². The van der Waals surface area contributed by atoms with E-state index in [1.54, 1.807) is 18.2 Å². The summed E-state index contributed by atoms with van der Waals surface area (Å²) in [6.45, 7) is 0. The molecule has 0 spiro atoms. The summed E-state index contributed by atoms with van der Waals surface area (Å²) in [6.07, 6.45) is 4.03. The van der Waals surface area contributed by atoms with E-state index in [1.807, 2.05) is 18.2 Å². The minimum Gasteiger partial charge on any atom is -0.325 e. The second-order valence-electron chi connectivity index (χ2n) is 5.04. The number of para-hydroxylation sites is 1. The largest absolute Gasteiger partial charge is 0.325 e. The number of fused-ring (bicyclic) bond motifs is 1. The van der Waals surface area contributed by atoms with Crippen molar-refractivity contribution < 1.29 is 4.79 Å². The van der Waals surface area contributed by atoms with Crippen LogP contribution in [0.5, 0.6) is 0 Å². The Bertz CT molecular complexity index is 689. The molecule has 3 rings (SSSR count). The predicted molar refractivity (Wildman–Crippen MR) is 78.1 cm³/mol. The number of hydrogen-bond acceptors (Lipinski definition) is 2. The van der Waals surface area contributed by atoms with Gasteiger partial charge in [-0.15, -0.1) is 0 Å². The summed E-state index contributed by atoms with van der Waals surface area (Å²) >= 11 is 0. The SMILES string of the molecule is O=C(Nc1ccccc1)c1cc2c([nH]c1=O)CCCC2. The maximum Gasteiger partial charge on any atom is 0.261 e. The van der Waals surface area contributed by atoms with Gasteiger partial charge in [0.15, 0.2) is 0 Å². The van der Waals surface area contributed by atoms with Crippen molar-refractivity contribution in [2.24, 2.45) is 0 Å². The van der Waals surface area contributed by atoms with E-state index in [2.05, 4.69) is 10.3 Å². The fourth-order valence-electron chi connectivity index (χ4n) is 2.56. The molecular weight excluding hydrogens is 252 g/mol. The van der Waals surface area contributed by atoms with Gasteiger partial charge in [-0.3, -0.25) is 9.59 Å². The lowest BCUT2D eigenvalue weighted by molar-refractivity contribution is 0.102. The van der Waals surface area contributed by atoms with Crippen molar-refractivity contribution in [1.29, 1.82) is 0 Å². The third-order valence-corrected chi connectivity index (χ3v) is 3.61. The summed E-state index contributed by atoms with van der Waals surface area (Å²) in [7, 11) is 0. The van der Waals surface area contributed by atoms with Gasteiger partial charge in [0.1, 0.15) is 5.56 Å². The van der Waals surface area contributed by atoms with Crippen molar-refractivity contribution in [3.8, 4) is 0 Å². The number of pyridine rings is 1. The Balaban J connectivity index is 1.90. The first-order chi connectivity index (χ1) is 9.74. The number of nitrogens with one attached hydrogen (secondary N) is 2. The molecule has 1 aliphatic rings. The molecule has 4 heteroatoms. The Kier molecular flexibility index (Phi) is 3.37. The summed E-state index contributed by atoms with van der Waals surface area (Å²) in [6, 6.07) is 10.9. The molecule has 1 amide bonds. The molecule has 2 aromatic rings. The zero-order valence-electron chi connectivity index (χ0n) is 11.1. The van der Waals surface area contributed by atoms with Crippen molar-refractivity contribution in [3.63, 3.8) is 0 Å². The van der Waals surface area contributed by atoms with E-state index in [9.17, 15) is 9.59 Å². The summed E-state index contributed by atoms with van der Waals surface area (Å²) in [5.74, 6) is -0.356. The number of aromatic nitrogens is 1. The van der Waals surface area contributed by atoms with Gasteiger partial charge in [-0.25, -0.2) is 0 Å². The first-order valence-electron chi connectivity index (χ1n) is 6.85. The second kappa shape index (κ2) is 5.33. The van der Waals surface area contributed by atoms with Gasteiger partial charge in [0.05, 0.1) is 0 Å². The van der Waals surface area contributed by atoms with Crippen LogP contribution in [-0.2, 0) is 12.8 Å². The summed E-state index contributed by atoms with van der Waals surface area (Å²) in [4.78, 5) is 27.0. The summed E-state index contributed by atoms with van der Waals surface area (Å²) in [5, 5.41) is 2.75. The number of H-pyrrole nitrogens is 1. The lowest BCUT2D eigenvalue weighted by Gasteiger charge is -2.15. The highest BCUT2D eigenvalue weighted by Gasteiger charge is 2.17. The average Bonchev–Trinajstić information content (AvgIpc) is 2.47. The fourth-order valence-corrected chi connectivity index (χ4v) is 2.56. The molecule has 1 aromatic carbocycles. The third kappa shape index (κ3) is 2.50. The minimum atomic E-state index is -0.356. The Morgan fingerprint density at radius 1 is 1.10 bits per heavy atom. The number of benzene rings is 1. The zero-order valence-corrected chi connectivity index (χ0v) is 11.1. The molecule has 0 fully saturated rings. The van der Waals surface area contributed by atoms with Gasteiger partial charge in [-0.2, -0.15) is 0 Å². The molecule has 0 bridgehead atoms. The fraction of sp³-hybridized carbons (Fsp3) is 0.250. The number of carbonyl (C=O) groups excluding carboxylic acids is 1. The molecule has 0 radical (unpaired) electrons. The van der Waals surface area contributed by atoms with Crippen LogP contribution in [0.3, 0.4) is 0 Å². The zero-order chi connectivity index (χ0) is 13.9. The van der Waals surface area contributed by atoms with Crippen LogP contribution in [0.2, 0.25) is 0 Å². The Labute approximate surface area is 116 Å². The van der Waals surface area contributed by atoms with Crippen LogP contribution >= 0.6 is 0 Å². The normalized spacial score (nSPS) is 13.6. The molecule has 102 valence electrons. The van der Waals surface area contributed by atoms with Crippen molar-refractivity contribution >= 4 is 11.6 Å². The molecule has 0 atom stereocenters. The van der Waals surface area contributed by atoms with E-state index in [0.29, 0.717) is 5.69 Å². The number of carbonyl (C=O) groups is 1. The van der Waals surface area contributed by atoms with Crippen LogP contribution in [0.15, 0.2) is 41.2 Å². The monoisotopic (exact) mass is 268 g/mol. The maximum absolute atomic E-state index is 12.2. The summed E-state index contributed by atoms with van der Waals surface area (Å²) in [5.41, 5.74) is 2.65. The Morgan fingerprint density at radius 2 is 1.85 bits per heavy atom. The molecule has 4 nitrogen and oxygen atoms in total. The first kappa shape index (κ1) is 12.7. The Hall–Kier alpha value is -2.36. The van der Waals surface area contributed by atoms with Crippen LogP contribution in [-0.4, -0.2) is 10.9 Å². The molecule has 20 heavy (non-hydrogen) atoms. The van der Waals surface area contributed by atoms with E-state index in [-0.39, 0.29) is 17.0 Å². The van der Waals surface area contributed by atoms with E-state index >= 15 is 0 Å². The van der Waals surface area contributed by atoms with Gasteiger partial charge in [-0.1, -0.05) is 18.2 Å². The lowest BCUT2D eigenvalue weighted by atomic mass is 9.95. The lowest BCUT2D eigenvalue weighted by Crippen LogP contribution is -2.26. The van der Waals surface area contributed by atoms with Crippen LogP contribution in [0.25, 0.3) is 0 Å². The minimum absolute atomic E-state index is 0.189. The highest BCUT2D eigenvalue weighted by atomic mass is 16.2. The van der Waals surface area contributed by atoms with Crippen molar-refractivity contribution in [2.75, 3.05) is 5.32 Å². The smallest absolute Gasteiger partial charge is 0.261 e. The molecule has 0 unspecified atom stereocenters. The van der Waals surface area contributed by atoms with Crippen molar-refractivity contribution in [3.05, 3.63) is 63.6 Å². The molecule has 2 N–H and O–H groups in total. The first-order valence-corrected chi connectivity index (χ1v) is 6.85. The number of anilines is 1. The molecule has 1 aromatic heterocycles. The average molecular weight is 268 g/mol. The number of aromatic amines is 1. The topological polar surface area (TPSA) is 62.0 Å². The quantitative estimate of drug-likeness (QED) is 0.879. The molecule has 0 saturated carbocycles. The highest BCUT2D eigenvalue weighted by Crippen LogP contribution is 2.19. The number of aryl methyl sites for hydroxylation is 2. The Morgan fingerprint density at radius 3 is 2.65 bits per heavy atom.